The number of benzene rings is 3. The summed E-state index contributed by atoms with van der Waals surface area (Å²) in [5, 5.41) is 0. The number of carbonyl (C=O) groups is 2. The van der Waals surface area contributed by atoms with Gasteiger partial charge in [0.15, 0.2) is 22.9 Å². The maximum atomic E-state index is 14.2. The number of hydrogen-bond donors (Lipinski definition) is 0. The molecule has 0 radical (unpaired) electrons. The first-order chi connectivity index (χ1) is 21.9. The monoisotopic (exact) mass is 628 g/mol. The fraction of sp³-hybridized carbons (Fsp3) is 0.235. The molecule has 0 saturated heterocycles. The molecule has 2 heterocycles. The minimum Gasteiger partial charge on any atom is -0.493 e. The van der Waals surface area contributed by atoms with E-state index in [1.807, 2.05) is 30.3 Å². The number of aromatic nitrogens is 1. The molecular formula is C34H32N2O8S. The van der Waals surface area contributed by atoms with Crippen molar-refractivity contribution in [3.63, 3.8) is 0 Å². The van der Waals surface area contributed by atoms with Crippen LogP contribution >= 0.6 is 11.3 Å². The van der Waals surface area contributed by atoms with Crippen molar-refractivity contribution in [1.29, 1.82) is 0 Å². The Labute approximate surface area is 263 Å². The van der Waals surface area contributed by atoms with E-state index in [2.05, 4.69) is 0 Å². The second-order valence-electron chi connectivity index (χ2n) is 9.68. The topological polar surface area (TPSA) is 115 Å². The van der Waals surface area contributed by atoms with Gasteiger partial charge >= 0.3 is 11.9 Å². The Morgan fingerprint density at radius 3 is 2.31 bits per heavy atom. The van der Waals surface area contributed by atoms with Crippen molar-refractivity contribution >= 4 is 35.0 Å². The van der Waals surface area contributed by atoms with Gasteiger partial charge in [0, 0.05) is 11.1 Å². The number of hydrogen-bond acceptors (Lipinski definition) is 10. The summed E-state index contributed by atoms with van der Waals surface area (Å²) >= 11 is 1.18. The summed E-state index contributed by atoms with van der Waals surface area (Å²) < 4.78 is 29.1. The first-order valence-corrected chi connectivity index (χ1v) is 15.1. The fourth-order valence-corrected chi connectivity index (χ4v) is 5.98. The van der Waals surface area contributed by atoms with Crippen molar-refractivity contribution in [2.24, 2.45) is 4.99 Å². The van der Waals surface area contributed by atoms with E-state index >= 15 is 0 Å². The molecule has 0 fully saturated rings. The van der Waals surface area contributed by atoms with Crippen molar-refractivity contribution in [2.75, 3.05) is 34.0 Å². The van der Waals surface area contributed by atoms with Crippen LogP contribution in [0.4, 0.5) is 0 Å². The molecular weight excluding hydrogens is 596 g/mol. The summed E-state index contributed by atoms with van der Waals surface area (Å²) in [5.41, 5.74) is 2.13. The van der Waals surface area contributed by atoms with Gasteiger partial charge in [-0.2, -0.15) is 0 Å². The number of methoxy groups -OCH3 is 2. The van der Waals surface area contributed by atoms with E-state index in [-0.39, 0.29) is 31.0 Å². The third-order valence-corrected chi connectivity index (χ3v) is 7.94. The number of nitrogens with zero attached hydrogens (tertiary/aromatic N) is 2. The average molecular weight is 629 g/mol. The predicted octanol–water partition coefficient (Wildman–Crippen LogP) is 3.89. The van der Waals surface area contributed by atoms with Gasteiger partial charge in [-0.15, -0.1) is 0 Å². The maximum absolute atomic E-state index is 14.2. The second kappa shape index (κ2) is 14.1. The van der Waals surface area contributed by atoms with E-state index in [4.69, 9.17) is 28.7 Å². The Balaban J connectivity index is 1.75. The quantitative estimate of drug-likeness (QED) is 0.230. The van der Waals surface area contributed by atoms with Crippen LogP contribution in [0, 0.1) is 0 Å². The van der Waals surface area contributed by atoms with Crippen LogP contribution in [0.15, 0.2) is 88.2 Å². The lowest BCUT2D eigenvalue weighted by Crippen LogP contribution is -2.40. The van der Waals surface area contributed by atoms with Crippen molar-refractivity contribution in [2.45, 2.75) is 19.9 Å². The summed E-state index contributed by atoms with van der Waals surface area (Å²) in [6, 6.07) is 20.7. The molecule has 232 valence electrons. The molecule has 0 amide bonds. The largest absolute Gasteiger partial charge is 0.493 e. The standard InChI is InChI=1S/C34H32N2O8S/c1-5-42-28(37)20-44-24-15-11-10-14-22(24)19-27-32(38)36-31(23-16-17-25(40-3)26(18-23)41-4)29(33(39)43-6-2)30(35-34(36)45-27)21-12-8-7-9-13-21/h7-19,31H,5-6,20H2,1-4H3/b27-19-/t31-/m0/s1. The Bertz CT molecular complexity index is 1930. The molecule has 10 nitrogen and oxygen atoms in total. The van der Waals surface area contributed by atoms with E-state index in [9.17, 15) is 14.4 Å². The van der Waals surface area contributed by atoms with E-state index in [0.29, 0.717) is 49.0 Å². The van der Waals surface area contributed by atoms with Crippen LogP contribution in [0.3, 0.4) is 0 Å². The fourth-order valence-electron chi connectivity index (χ4n) is 4.99. The van der Waals surface area contributed by atoms with E-state index < -0.39 is 18.0 Å². The highest BCUT2D eigenvalue weighted by Gasteiger charge is 2.35. The molecule has 0 N–H and O–H groups in total. The van der Waals surface area contributed by atoms with Gasteiger partial charge in [-0.1, -0.05) is 65.9 Å². The lowest BCUT2D eigenvalue weighted by atomic mass is 9.93. The third-order valence-electron chi connectivity index (χ3n) is 6.95. The van der Waals surface area contributed by atoms with Gasteiger partial charge in [-0.05, 0) is 43.7 Å². The molecule has 0 aliphatic carbocycles. The third kappa shape index (κ3) is 6.53. The second-order valence-corrected chi connectivity index (χ2v) is 10.7. The van der Waals surface area contributed by atoms with Gasteiger partial charge < -0.3 is 23.7 Å². The lowest BCUT2D eigenvalue weighted by Gasteiger charge is -2.26. The van der Waals surface area contributed by atoms with Crippen molar-refractivity contribution in [1.82, 2.24) is 4.57 Å². The minimum absolute atomic E-state index is 0.135. The number of thiazole rings is 1. The van der Waals surface area contributed by atoms with Gasteiger partial charge in [0.1, 0.15) is 5.75 Å². The Hall–Kier alpha value is -5.16. The molecule has 0 bridgehead atoms. The van der Waals surface area contributed by atoms with Gasteiger partial charge in [-0.25, -0.2) is 14.6 Å². The van der Waals surface area contributed by atoms with Gasteiger partial charge in [0.25, 0.3) is 5.56 Å². The first kappa shape index (κ1) is 31.3. The first-order valence-electron chi connectivity index (χ1n) is 14.3. The molecule has 0 saturated carbocycles. The predicted molar refractivity (Wildman–Crippen MR) is 169 cm³/mol. The smallest absolute Gasteiger partial charge is 0.344 e. The van der Waals surface area contributed by atoms with E-state index in [1.165, 1.54) is 30.1 Å². The molecule has 1 aliphatic rings. The summed E-state index contributed by atoms with van der Waals surface area (Å²) in [6.45, 7) is 3.55. The molecule has 11 heteroatoms. The molecule has 5 rings (SSSR count). The highest BCUT2D eigenvalue weighted by Crippen LogP contribution is 2.38. The Morgan fingerprint density at radius 2 is 1.60 bits per heavy atom. The van der Waals surface area contributed by atoms with Crippen LogP contribution in [0.5, 0.6) is 17.2 Å². The SMILES string of the molecule is CCOC(=O)COc1ccccc1/C=c1\sc2n(c1=O)[C@@H](c1ccc(OC)c(OC)c1)C(C(=O)OCC)=C(c1ccccc1)N=2. The molecule has 1 atom stereocenters. The zero-order valence-corrected chi connectivity index (χ0v) is 26.1. The van der Waals surface area contributed by atoms with Gasteiger partial charge in [0.05, 0.1) is 49.3 Å². The maximum Gasteiger partial charge on any atom is 0.344 e. The van der Waals surface area contributed by atoms with E-state index in [1.54, 1.807) is 62.4 Å². The number of ether oxygens (including phenoxy) is 5. The van der Waals surface area contributed by atoms with Crippen molar-refractivity contribution in [3.05, 3.63) is 115 Å². The van der Waals surface area contributed by atoms with Crippen LogP contribution in [0.1, 0.15) is 36.6 Å². The number of fused-ring (bicyclic) bond motifs is 1. The van der Waals surface area contributed by atoms with E-state index in [0.717, 1.165) is 0 Å². The van der Waals surface area contributed by atoms with Crippen molar-refractivity contribution in [3.8, 4) is 17.2 Å². The summed E-state index contributed by atoms with van der Waals surface area (Å²) in [4.78, 5) is 45.1. The van der Waals surface area contributed by atoms with Crippen LogP contribution in [-0.4, -0.2) is 50.5 Å². The highest BCUT2D eigenvalue weighted by atomic mass is 32.1. The highest BCUT2D eigenvalue weighted by molar-refractivity contribution is 7.07. The minimum atomic E-state index is -0.896. The molecule has 4 aromatic rings. The molecule has 0 unspecified atom stereocenters. The zero-order valence-electron chi connectivity index (χ0n) is 25.3. The normalized spacial score (nSPS) is 14.3. The molecule has 1 aliphatic heterocycles. The molecule has 0 spiro atoms. The Morgan fingerprint density at radius 1 is 0.889 bits per heavy atom. The van der Waals surface area contributed by atoms with Gasteiger partial charge in [-0.3, -0.25) is 9.36 Å². The number of para-hydroxylation sites is 1. The average Bonchev–Trinajstić information content (AvgIpc) is 3.37. The summed E-state index contributed by atoms with van der Waals surface area (Å²) in [5.74, 6) is 0.253. The zero-order chi connectivity index (χ0) is 31.9. The molecule has 3 aromatic carbocycles. The van der Waals surface area contributed by atoms with Crippen LogP contribution < -0.4 is 29.1 Å². The number of esters is 2. The molecule has 1 aromatic heterocycles. The number of carbonyl (C=O) groups excluding carboxylic acids is 2. The summed E-state index contributed by atoms with van der Waals surface area (Å²) in [7, 11) is 3.05. The van der Waals surface area contributed by atoms with Crippen LogP contribution in [0.25, 0.3) is 11.8 Å². The molecule has 45 heavy (non-hydrogen) atoms. The number of rotatable bonds is 11. The Kier molecular flexibility index (Phi) is 9.79. The van der Waals surface area contributed by atoms with Crippen LogP contribution in [-0.2, 0) is 19.1 Å². The van der Waals surface area contributed by atoms with Gasteiger partial charge in [0.2, 0.25) is 0 Å². The summed E-state index contributed by atoms with van der Waals surface area (Å²) in [6.07, 6.45) is 1.69. The van der Waals surface area contributed by atoms with Crippen molar-refractivity contribution < 1.29 is 33.3 Å². The lowest BCUT2D eigenvalue weighted by molar-refractivity contribution is -0.145. The van der Waals surface area contributed by atoms with Crippen LogP contribution in [0.2, 0.25) is 0 Å².